The number of nitro benzene ring substituents is 1. The molecule has 0 unspecified atom stereocenters. The Balaban J connectivity index is 2.62. The number of nitrogens with zero attached hydrogens (tertiary/aromatic N) is 2. The summed E-state index contributed by atoms with van der Waals surface area (Å²) in [5.74, 6) is -1.41. The Bertz CT molecular complexity index is 882. The van der Waals surface area contributed by atoms with Crippen LogP contribution in [-0.4, -0.2) is 31.0 Å². The lowest BCUT2D eigenvalue weighted by molar-refractivity contribution is -0.387. The van der Waals surface area contributed by atoms with E-state index < -0.39 is 38.0 Å². The number of anilines is 1. The monoisotopic (exact) mass is 370 g/mol. The van der Waals surface area contributed by atoms with Gasteiger partial charge in [-0.3, -0.25) is 19.2 Å². The minimum atomic E-state index is -4.47. The first-order valence-corrected chi connectivity index (χ1v) is 8.29. The van der Waals surface area contributed by atoms with E-state index in [1.807, 2.05) is 0 Å². The van der Waals surface area contributed by atoms with Crippen molar-refractivity contribution < 1.29 is 23.2 Å². The third-order valence-electron chi connectivity index (χ3n) is 3.02. The number of aliphatic carboxylic acids is 1. The van der Waals surface area contributed by atoms with E-state index in [9.17, 15) is 23.3 Å². The van der Waals surface area contributed by atoms with Gasteiger partial charge in [0, 0.05) is 11.1 Å². The van der Waals surface area contributed by atoms with Gasteiger partial charge in [0.1, 0.15) is 6.54 Å². The highest BCUT2D eigenvalue weighted by Crippen LogP contribution is 2.30. The fourth-order valence-electron chi connectivity index (χ4n) is 1.99. The number of benzene rings is 2. The van der Waals surface area contributed by atoms with Gasteiger partial charge in [-0.05, 0) is 30.3 Å². The molecule has 0 atom stereocenters. The molecule has 126 valence electrons. The molecule has 24 heavy (non-hydrogen) atoms. The molecule has 0 aliphatic rings. The second-order valence-corrected chi connectivity index (χ2v) is 6.87. The van der Waals surface area contributed by atoms with Crippen molar-refractivity contribution in [3.05, 3.63) is 63.7 Å². The Hall–Kier alpha value is -2.65. The number of halogens is 1. The van der Waals surface area contributed by atoms with E-state index in [4.69, 9.17) is 16.7 Å². The van der Waals surface area contributed by atoms with Crippen molar-refractivity contribution in [2.24, 2.45) is 0 Å². The first-order valence-electron chi connectivity index (χ1n) is 6.47. The standard InChI is InChI=1S/C14H11ClN2O6S/c15-10-5-7-11(8-6-10)16(9-14(18)19)24(22,23)13-4-2-1-3-12(13)17(20)21/h1-8H,9H2,(H,18,19). The van der Waals surface area contributed by atoms with Gasteiger partial charge in [0.05, 0.1) is 10.6 Å². The molecule has 0 heterocycles. The fourth-order valence-corrected chi connectivity index (χ4v) is 3.69. The Morgan fingerprint density at radius 2 is 1.75 bits per heavy atom. The van der Waals surface area contributed by atoms with Crippen LogP contribution in [0.2, 0.25) is 5.02 Å². The van der Waals surface area contributed by atoms with Gasteiger partial charge in [0.15, 0.2) is 4.90 Å². The zero-order valence-electron chi connectivity index (χ0n) is 12.0. The molecule has 0 fully saturated rings. The van der Waals surface area contributed by atoms with Crippen LogP contribution in [-0.2, 0) is 14.8 Å². The maximum Gasteiger partial charge on any atom is 0.324 e. The summed E-state index contributed by atoms with van der Waals surface area (Å²) >= 11 is 5.75. The molecule has 0 aliphatic carbocycles. The molecule has 0 radical (unpaired) electrons. The quantitative estimate of drug-likeness (QED) is 0.616. The molecular formula is C14H11ClN2O6S. The number of rotatable bonds is 6. The predicted octanol–water partition coefficient (Wildman–Crippen LogP) is 2.53. The second-order valence-electron chi connectivity index (χ2n) is 4.61. The summed E-state index contributed by atoms with van der Waals surface area (Å²) in [5.41, 5.74) is -0.609. The number of carbonyl (C=O) groups is 1. The number of hydrogen-bond donors (Lipinski definition) is 1. The summed E-state index contributed by atoms with van der Waals surface area (Å²) in [6.07, 6.45) is 0. The summed E-state index contributed by atoms with van der Waals surface area (Å²) < 4.78 is 26.2. The normalized spacial score (nSPS) is 11.0. The molecule has 0 aliphatic heterocycles. The van der Waals surface area contributed by atoms with E-state index in [1.165, 1.54) is 36.4 Å². The Kier molecular flexibility index (Phi) is 5.05. The lowest BCUT2D eigenvalue weighted by atomic mass is 10.3. The summed E-state index contributed by atoms with van der Waals surface area (Å²) in [5, 5.41) is 20.4. The molecule has 0 saturated carbocycles. The summed E-state index contributed by atoms with van der Waals surface area (Å²) in [4.78, 5) is 20.7. The summed E-state index contributed by atoms with van der Waals surface area (Å²) in [7, 11) is -4.47. The van der Waals surface area contributed by atoms with Gasteiger partial charge in [-0.15, -0.1) is 0 Å². The van der Waals surface area contributed by atoms with Crippen molar-refractivity contribution in [2.45, 2.75) is 4.90 Å². The molecule has 2 aromatic carbocycles. The van der Waals surface area contributed by atoms with Gasteiger partial charge in [-0.2, -0.15) is 0 Å². The topological polar surface area (TPSA) is 118 Å². The number of carboxylic acid groups (broad SMARTS) is 1. The number of nitro groups is 1. The minimum Gasteiger partial charge on any atom is -0.480 e. The number of sulfonamides is 1. The van der Waals surface area contributed by atoms with Gasteiger partial charge < -0.3 is 5.11 Å². The van der Waals surface area contributed by atoms with Crippen LogP contribution < -0.4 is 4.31 Å². The van der Waals surface area contributed by atoms with E-state index in [-0.39, 0.29) is 5.69 Å². The van der Waals surface area contributed by atoms with E-state index in [0.717, 1.165) is 12.1 Å². The highest BCUT2D eigenvalue weighted by atomic mass is 35.5. The number of para-hydroxylation sites is 1. The smallest absolute Gasteiger partial charge is 0.324 e. The van der Waals surface area contributed by atoms with E-state index in [0.29, 0.717) is 9.33 Å². The molecular weight excluding hydrogens is 360 g/mol. The largest absolute Gasteiger partial charge is 0.480 e. The molecule has 2 rings (SSSR count). The van der Waals surface area contributed by atoms with Crippen LogP contribution in [0.15, 0.2) is 53.4 Å². The van der Waals surface area contributed by atoms with Crippen molar-refractivity contribution >= 4 is 39.0 Å². The van der Waals surface area contributed by atoms with Crippen LogP contribution >= 0.6 is 11.6 Å². The van der Waals surface area contributed by atoms with E-state index >= 15 is 0 Å². The van der Waals surface area contributed by atoms with Gasteiger partial charge in [-0.25, -0.2) is 8.42 Å². The zero-order valence-corrected chi connectivity index (χ0v) is 13.6. The van der Waals surface area contributed by atoms with Crippen molar-refractivity contribution in [3.63, 3.8) is 0 Å². The predicted molar refractivity (Wildman–Crippen MR) is 86.7 cm³/mol. The van der Waals surface area contributed by atoms with Crippen LogP contribution in [0.5, 0.6) is 0 Å². The Labute approximate surface area is 142 Å². The van der Waals surface area contributed by atoms with Crippen LogP contribution in [0, 0.1) is 10.1 Å². The van der Waals surface area contributed by atoms with E-state index in [2.05, 4.69) is 0 Å². The van der Waals surface area contributed by atoms with Crippen molar-refractivity contribution in [3.8, 4) is 0 Å². The SMILES string of the molecule is O=C(O)CN(c1ccc(Cl)cc1)S(=O)(=O)c1ccccc1[N+](=O)[O-]. The average Bonchev–Trinajstić information content (AvgIpc) is 2.53. The average molecular weight is 371 g/mol. The molecule has 0 spiro atoms. The zero-order chi connectivity index (χ0) is 17.9. The second kappa shape index (κ2) is 6.85. The lowest BCUT2D eigenvalue weighted by Crippen LogP contribution is -2.36. The van der Waals surface area contributed by atoms with Crippen molar-refractivity contribution in [1.82, 2.24) is 0 Å². The summed E-state index contributed by atoms with van der Waals surface area (Å²) in [6, 6.07) is 10.1. The molecule has 0 saturated heterocycles. The maximum absolute atomic E-state index is 12.8. The molecule has 10 heteroatoms. The van der Waals surface area contributed by atoms with Crippen LogP contribution in [0.3, 0.4) is 0 Å². The van der Waals surface area contributed by atoms with Crippen molar-refractivity contribution in [1.29, 1.82) is 0 Å². The van der Waals surface area contributed by atoms with Crippen LogP contribution in [0.1, 0.15) is 0 Å². The first-order chi connectivity index (χ1) is 11.2. The van der Waals surface area contributed by atoms with Gasteiger partial charge in [0.25, 0.3) is 15.7 Å². The minimum absolute atomic E-state index is 0.0277. The Morgan fingerprint density at radius 3 is 2.29 bits per heavy atom. The molecule has 0 bridgehead atoms. The third kappa shape index (κ3) is 3.63. The van der Waals surface area contributed by atoms with E-state index in [1.54, 1.807) is 0 Å². The van der Waals surface area contributed by atoms with Crippen LogP contribution in [0.4, 0.5) is 11.4 Å². The highest BCUT2D eigenvalue weighted by Gasteiger charge is 2.32. The Morgan fingerprint density at radius 1 is 1.17 bits per heavy atom. The summed E-state index contributed by atoms with van der Waals surface area (Å²) in [6.45, 7) is -0.893. The third-order valence-corrected chi connectivity index (χ3v) is 5.10. The van der Waals surface area contributed by atoms with Gasteiger partial charge in [-0.1, -0.05) is 23.7 Å². The molecule has 2 aromatic rings. The fraction of sp³-hybridized carbons (Fsp3) is 0.0714. The van der Waals surface area contributed by atoms with Gasteiger partial charge >= 0.3 is 5.97 Å². The van der Waals surface area contributed by atoms with Gasteiger partial charge in [0.2, 0.25) is 0 Å². The van der Waals surface area contributed by atoms with Crippen molar-refractivity contribution in [2.75, 3.05) is 10.8 Å². The lowest BCUT2D eigenvalue weighted by Gasteiger charge is -2.22. The molecule has 0 aromatic heterocycles. The molecule has 8 nitrogen and oxygen atoms in total. The first kappa shape index (κ1) is 17.7. The van der Waals surface area contributed by atoms with Crippen LogP contribution in [0.25, 0.3) is 0 Å². The molecule has 1 N–H and O–H groups in total. The molecule has 0 amide bonds. The number of carboxylic acids is 1. The number of hydrogen-bond acceptors (Lipinski definition) is 5. The highest BCUT2D eigenvalue weighted by molar-refractivity contribution is 7.93. The maximum atomic E-state index is 12.8.